The molecular weight excluding hydrogens is 197 g/mol. The maximum absolute atomic E-state index is 11.8. The van der Waals surface area contributed by atoms with Crippen LogP contribution in [0.3, 0.4) is 0 Å². The molecule has 2 nitrogen and oxygen atoms in total. The van der Waals surface area contributed by atoms with Crippen LogP contribution < -0.4 is 0 Å². The number of hydrogen-bond acceptors (Lipinski definition) is 4. The molecule has 0 aromatic carbocycles. The molecule has 0 aliphatic carbocycles. The molecule has 0 fully saturated rings. The number of nitrogens with zero attached hydrogens (tertiary/aromatic N) is 2. The second-order valence-corrected chi connectivity index (χ2v) is 3.39. The Kier molecular flexibility index (Phi) is 2.38. The van der Waals surface area contributed by atoms with Crippen molar-refractivity contribution < 1.29 is 13.2 Å². The molecule has 0 amide bonds. The van der Waals surface area contributed by atoms with Gasteiger partial charge in [-0.1, -0.05) is 11.8 Å². The van der Waals surface area contributed by atoms with Crippen molar-refractivity contribution in [2.24, 2.45) is 0 Å². The maximum Gasteiger partial charge on any atom is 0.452 e. The van der Waals surface area contributed by atoms with Crippen molar-refractivity contribution in [2.45, 2.75) is 10.5 Å². The Morgan fingerprint density at radius 3 is 2.36 bits per heavy atom. The molecule has 7 heteroatoms. The first-order valence-electron chi connectivity index (χ1n) is 2.49. The molecule has 1 aromatic heterocycles. The number of alkyl halides is 3. The minimum atomic E-state index is -4.41. The van der Waals surface area contributed by atoms with E-state index in [2.05, 4.69) is 9.36 Å². The van der Waals surface area contributed by atoms with Crippen LogP contribution in [0.1, 0.15) is 5.82 Å². The fourth-order valence-electron chi connectivity index (χ4n) is 0.408. The van der Waals surface area contributed by atoms with Gasteiger partial charge in [0.25, 0.3) is 0 Å². The first-order chi connectivity index (χ1) is 5.04. The monoisotopic (exact) mass is 200 g/mol. The van der Waals surface area contributed by atoms with Crippen LogP contribution in [-0.4, -0.2) is 15.6 Å². The van der Waals surface area contributed by atoms with Crippen molar-refractivity contribution in [1.82, 2.24) is 9.36 Å². The molecule has 0 spiro atoms. The van der Waals surface area contributed by atoms with E-state index in [1.807, 2.05) is 0 Å². The SMILES string of the molecule is CSc1nc(C(F)(F)F)ns1. The van der Waals surface area contributed by atoms with Crippen molar-refractivity contribution in [2.75, 3.05) is 6.26 Å². The molecule has 0 saturated heterocycles. The van der Waals surface area contributed by atoms with Gasteiger partial charge in [0.2, 0.25) is 5.82 Å². The van der Waals surface area contributed by atoms with Gasteiger partial charge >= 0.3 is 6.18 Å². The Labute approximate surface area is 69.0 Å². The Bertz CT molecular complexity index is 244. The van der Waals surface area contributed by atoms with Crippen LogP contribution in [0.2, 0.25) is 0 Å². The average Bonchev–Trinajstić information content (AvgIpc) is 2.32. The standard InChI is InChI=1S/C4H3F3N2S2/c1-10-3-8-2(9-11-3)4(5,6)7/h1H3. The lowest BCUT2D eigenvalue weighted by molar-refractivity contribution is -0.144. The molecule has 0 saturated carbocycles. The molecule has 1 heterocycles. The maximum atomic E-state index is 11.8. The summed E-state index contributed by atoms with van der Waals surface area (Å²) in [6.45, 7) is 0. The molecule has 0 bridgehead atoms. The summed E-state index contributed by atoms with van der Waals surface area (Å²) < 4.78 is 38.9. The van der Waals surface area contributed by atoms with Crippen molar-refractivity contribution >= 4 is 23.3 Å². The second-order valence-electron chi connectivity index (χ2n) is 1.59. The predicted molar refractivity (Wildman–Crippen MR) is 36.7 cm³/mol. The number of hydrogen-bond donors (Lipinski definition) is 0. The molecule has 0 atom stereocenters. The zero-order valence-corrected chi connectivity index (χ0v) is 6.98. The zero-order valence-electron chi connectivity index (χ0n) is 5.34. The van der Waals surface area contributed by atoms with Gasteiger partial charge in [0, 0.05) is 0 Å². The van der Waals surface area contributed by atoms with Gasteiger partial charge in [0.05, 0.1) is 0 Å². The van der Waals surface area contributed by atoms with E-state index in [0.717, 1.165) is 23.3 Å². The van der Waals surface area contributed by atoms with E-state index in [9.17, 15) is 13.2 Å². The third-order valence-electron chi connectivity index (χ3n) is 0.836. The lowest BCUT2D eigenvalue weighted by Gasteiger charge is -1.97. The normalized spacial score (nSPS) is 12.0. The minimum absolute atomic E-state index is 0.331. The first kappa shape index (κ1) is 8.79. The molecule has 1 rings (SSSR count). The van der Waals surface area contributed by atoms with Gasteiger partial charge in [-0.3, -0.25) is 0 Å². The van der Waals surface area contributed by atoms with Gasteiger partial charge in [-0.2, -0.15) is 17.5 Å². The summed E-state index contributed by atoms with van der Waals surface area (Å²) >= 11 is 1.91. The zero-order chi connectivity index (χ0) is 8.48. The average molecular weight is 200 g/mol. The summed E-state index contributed by atoms with van der Waals surface area (Å²) in [4.78, 5) is 3.25. The van der Waals surface area contributed by atoms with Crippen molar-refractivity contribution in [3.63, 3.8) is 0 Å². The smallest absolute Gasteiger partial charge is 0.204 e. The molecule has 0 aliphatic heterocycles. The van der Waals surface area contributed by atoms with Gasteiger partial charge in [0.15, 0.2) is 4.34 Å². The highest BCUT2D eigenvalue weighted by Gasteiger charge is 2.35. The van der Waals surface area contributed by atoms with Gasteiger partial charge < -0.3 is 0 Å². The second kappa shape index (κ2) is 2.98. The molecule has 1 aromatic rings. The van der Waals surface area contributed by atoms with Gasteiger partial charge in [0.1, 0.15) is 0 Å². The quantitative estimate of drug-likeness (QED) is 0.650. The van der Waals surface area contributed by atoms with Crippen LogP contribution in [0.4, 0.5) is 13.2 Å². The van der Waals surface area contributed by atoms with E-state index in [-0.39, 0.29) is 0 Å². The Balaban J connectivity index is 2.89. The molecular formula is C4H3F3N2S2. The van der Waals surface area contributed by atoms with Crippen molar-refractivity contribution in [3.05, 3.63) is 5.82 Å². The fraction of sp³-hybridized carbons (Fsp3) is 0.500. The summed E-state index contributed by atoms with van der Waals surface area (Å²) in [5.74, 6) is -1.05. The summed E-state index contributed by atoms with van der Waals surface area (Å²) in [6, 6.07) is 0. The molecule has 0 aliphatic rings. The summed E-state index contributed by atoms with van der Waals surface area (Å²) in [6.07, 6.45) is -2.76. The van der Waals surface area contributed by atoms with Crippen LogP contribution in [0.5, 0.6) is 0 Å². The third kappa shape index (κ3) is 2.06. The van der Waals surface area contributed by atoms with Crippen LogP contribution in [0.15, 0.2) is 4.34 Å². The fourth-order valence-corrected chi connectivity index (χ4v) is 1.43. The van der Waals surface area contributed by atoms with Crippen LogP contribution in [0.25, 0.3) is 0 Å². The van der Waals surface area contributed by atoms with Crippen molar-refractivity contribution in [3.8, 4) is 0 Å². The highest BCUT2D eigenvalue weighted by molar-refractivity contribution is 8.00. The molecule has 62 valence electrons. The lowest BCUT2D eigenvalue weighted by atomic mass is 10.6. The van der Waals surface area contributed by atoms with E-state index < -0.39 is 12.0 Å². The summed E-state index contributed by atoms with van der Waals surface area (Å²) in [5, 5.41) is 0. The predicted octanol–water partition coefficient (Wildman–Crippen LogP) is 2.28. The third-order valence-corrected chi connectivity index (χ3v) is 2.51. The number of halogens is 3. The van der Waals surface area contributed by atoms with E-state index in [1.165, 1.54) is 0 Å². The number of rotatable bonds is 1. The molecule has 0 N–H and O–H groups in total. The highest BCUT2D eigenvalue weighted by Crippen LogP contribution is 2.29. The lowest BCUT2D eigenvalue weighted by Crippen LogP contribution is -2.06. The first-order valence-corrected chi connectivity index (χ1v) is 4.48. The largest absolute Gasteiger partial charge is 0.452 e. The number of thioether (sulfide) groups is 1. The molecule has 0 unspecified atom stereocenters. The van der Waals surface area contributed by atoms with Gasteiger partial charge in [-0.25, -0.2) is 4.98 Å². The Morgan fingerprint density at radius 2 is 2.09 bits per heavy atom. The van der Waals surface area contributed by atoms with E-state index >= 15 is 0 Å². The topological polar surface area (TPSA) is 25.8 Å². The van der Waals surface area contributed by atoms with Crippen molar-refractivity contribution in [1.29, 1.82) is 0 Å². The van der Waals surface area contributed by atoms with E-state index in [4.69, 9.17) is 0 Å². The highest BCUT2D eigenvalue weighted by atomic mass is 32.2. The summed E-state index contributed by atoms with van der Waals surface area (Å²) in [5.41, 5.74) is 0. The van der Waals surface area contributed by atoms with E-state index in [0.29, 0.717) is 4.34 Å². The van der Waals surface area contributed by atoms with Crippen LogP contribution in [-0.2, 0) is 6.18 Å². The van der Waals surface area contributed by atoms with Crippen LogP contribution in [0, 0.1) is 0 Å². The Morgan fingerprint density at radius 1 is 1.45 bits per heavy atom. The van der Waals surface area contributed by atoms with Gasteiger partial charge in [-0.15, -0.1) is 0 Å². The molecule has 11 heavy (non-hydrogen) atoms. The Hall–Kier alpha value is -0.300. The summed E-state index contributed by atoms with van der Waals surface area (Å²) in [7, 11) is 0. The van der Waals surface area contributed by atoms with Gasteiger partial charge in [-0.05, 0) is 17.8 Å². The number of aromatic nitrogens is 2. The molecule has 0 radical (unpaired) electrons. The minimum Gasteiger partial charge on any atom is -0.204 e. The van der Waals surface area contributed by atoms with Crippen LogP contribution >= 0.6 is 23.3 Å². The van der Waals surface area contributed by atoms with E-state index in [1.54, 1.807) is 6.26 Å².